The maximum absolute atomic E-state index is 13.9. The van der Waals surface area contributed by atoms with Crippen LogP contribution in [0, 0.1) is 5.82 Å². The number of nitrogens with zero attached hydrogens (tertiary/aromatic N) is 2. The summed E-state index contributed by atoms with van der Waals surface area (Å²) in [5.41, 5.74) is 2.70. The van der Waals surface area contributed by atoms with E-state index in [0.717, 1.165) is 12.7 Å². The molecule has 0 radical (unpaired) electrons. The monoisotopic (exact) mass is 368 g/mol. The number of rotatable bonds is 3. The third-order valence-corrected chi connectivity index (χ3v) is 4.54. The van der Waals surface area contributed by atoms with Gasteiger partial charge in [0.2, 0.25) is 0 Å². The van der Waals surface area contributed by atoms with Crippen LogP contribution in [0.5, 0.6) is 0 Å². The third-order valence-electron chi connectivity index (χ3n) is 4.54. The fourth-order valence-corrected chi connectivity index (χ4v) is 3.16. The molecule has 1 aromatic carbocycles. The number of aliphatic imine (C=N–C) groups is 1. The summed E-state index contributed by atoms with van der Waals surface area (Å²) in [5.74, 6) is -1.20. The Labute approximate surface area is 157 Å². The molecule has 1 aromatic heterocycles. The fourth-order valence-electron chi connectivity index (χ4n) is 3.16. The van der Waals surface area contributed by atoms with Crippen molar-refractivity contribution < 1.29 is 18.7 Å². The number of pyridine rings is 1. The van der Waals surface area contributed by atoms with E-state index in [1.807, 2.05) is 0 Å². The summed E-state index contributed by atoms with van der Waals surface area (Å²) in [6, 6.07) is 7.77. The zero-order valence-electron chi connectivity index (χ0n) is 15.2. The molecule has 27 heavy (non-hydrogen) atoms. The average molecular weight is 368 g/mol. The van der Waals surface area contributed by atoms with E-state index in [4.69, 9.17) is 4.74 Å². The minimum atomic E-state index is -0.466. The van der Waals surface area contributed by atoms with Gasteiger partial charge in [-0.05, 0) is 62.1 Å². The van der Waals surface area contributed by atoms with Crippen molar-refractivity contribution in [2.24, 2.45) is 4.99 Å². The molecule has 0 saturated carbocycles. The van der Waals surface area contributed by atoms with Crippen LogP contribution in [0.3, 0.4) is 0 Å². The number of esters is 1. The third kappa shape index (κ3) is 4.45. The molecule has 0 aliphatic carbocycles. The number of aromatic nitrogens is 1. The molecule has 1 aliphatic rings. The Kier molecular flexibility index (Phi) is 6.06. The number of ether oxygens (including phenoxy) is 1. The first-order valence-electron chi connectivity index (χ1n) is 9.08. The molecule has 1 aliphatic heterocycles. The van der Waals surface area contributed by atoms with Crippen LogP contribution in [0.15, 0.2) is 41.5 Å². The standard InChI is InChI=1S/C21H21FN2O3/c1-2-27-21(26)19-6-4-3-5-15(13-25)20-11-14(9-10-23-20)17-12-16(22)7-8-18(17)24-19/h7-13,15H,2-6H2,1H3/b24-19-. The zero-order valence-corrected chi connectivity index (χ0v) is 15.2. The number of fused-ring (bicyclic) bond motifs is 4. The first kappa shape index (κ1) is 18.9. The molecule has 140 valence electrons. The van der Waals surface area contributed by atoms with Crippen LogP contribution in [0.4, 0.5) is 10.1 Å². The molecule has 2 heterocycles. The van der Waals surface area contributed by atoms with Crippen LogP contribution in [-0.2, 0) is 14.3 Å². The van der Waals surface area contributed by atoms with Gasteiger partial charge in [-0.15, -0.1) is 0 Å². The fraction of sp³-hybridized carbons (Fsp3) is 0.333. The normalized spacial score (nSPS) is 18.9. The Balaban J connectivity index is 2.16. The van der Waals surface area contributed by atoms with Crippen LogP contribution in [0.1, 0.15) is 44.2 Å². The molecule has 0 spiro atoms. The highest BCUT2D eigenvalue weighted by atomic mass is 19.1. The minimum absolute atomic E-state index is 0.259. The number of benzene rings is 1. The summed E-state index contributed by atoms with van der Waals surface area (Å²) in [5, 5.41) is 0. The number of hydrogen-bond donors (Lipinski definition) is 0. The van der Waals surface area contributed by atoms with E-state index in [0.29, 0.717) is 47.5 Å². The van der Waals surface area contributed by atoms with Crippen LogP contribution in [0.25, 0.3) is 11.1 Å². The molecule has 0 fully saturated rings. The lowest BCUT2D eigenvalue weighted by molar-refractivity contribution is -0.135. The van der Waals surface area contributed by atoms with E-state index in [-0.39, 0.29) is 12.5 Å². The maximum Gasteiger partial charge on any atom is 0.352 e. The second kappa shape index (κ2) is 8.66. The van der Waals surface area contributed by atoms with Crippen LogP contribution in [0.2, 0.25) is 0 Å². The number of halogens is 1. The number of carbonyl (C=O) groups is 2. The van der Waals surface area contributed by atoms with E-state index >= 15 is 0 Å². The van der Waals surface area contributed by atoms with Gasteiger partial charge in [0.1, 0.15) is 17.8 Å². The molecule has 5 nitrogen and oxygen atoms in total. The van der Waals surface area contributed by atoms with Crippen molar-refractivity contribution >= 4 is 23.7 Å². The van der Waals surface area contributed by atoms with Gasteiger partial charge in [-0.25, -0.2) is 14.2 Å². The molecule has 3 rings (SSSR count). The smallest absolute Gasteiger partial charge is 0.352 e. The van der Waals surface area contributed by atoms with Crippen molar-refractivity contribution in [2.45, 2.75) is 38.5 Å². The Bertz CT molecular complexity index is 879. The van der Waals surface area contributed by atoms with Gasteiger partial charge in [0.15, 0.2) is 0 Å². The number of aldehydes is 1. The molecule has 1 atom stereocenters. The Morgan fingerprint density at radius 2 is 2.15 bits per heavy atom. The largest absolute Gasteiger partial charge is 0.462 e. The summed E-state index contributed by atoms with van der Waals surface area (Å²) in [4.78, 5) is 32.7. The number of hydrogen-bond acceptors (Lipinski definition) is 5. The molecule has 0 saturated heterocycles. The van der Waals surface area contributed by atoms with Gasteiger partial charge in [0.05, 0.1) is 23.9 Å². The molecule has 2 bridgehead atoms. The molecule has 2 aromatic rings. The SMILES string of the molecule is CCOC(=O)/C1=N\c2ccc(F)cc2-c2ccnc(c2)C(C=O)CCCC1. The average Bonchev–Trinajstić information content (AvgIpc) is 2.67. The molecular weight excluding hydrogens is 347 g/mol. The van der Waals surface area contributed by atoms with Gasteiger partial charge in [0, 0.05) is 11.8 Å². The highest BCUT2D eigenvalue weighted by Gasteiger charge is 2.19. The first-order chi connectivity index (χ1) is 13.1. The molecule has 0 amide bonds. The molecule has 6 heteroatoms. The summed E-state index contributed by atoms with van der Waals surface area (Å²) in [6.45, 7) is 2.00. The van der Waals surface area contributed by atoms with Crippen LogP contribution >= 0.6 is 0 Å². The second-order valence-electron chi connectivity index (χ2n) is 6.40. The van der Waals surface area contributed by atoms with Crippen molar-refractivity contribution in [1.82, 2.24) is 4.98 Å². The lowest BCUT2D eigenvalue weighted by atomic mass is 9.94. The lowest BCUT2D eigenvalue weighted by Gasteiger charge is -2.15. The van der Waals surface area contributed by atoms with Gasteiger partial charge in [0.25, 0.3) is 0 Å². The van der Waals surface area contributed by atoms with E-state index < -0.39 is 11.8 Å². The highest BCUT2D eigenvalue weighted by Crippen LogP contribution is 2.33. The Morgan fingerprint density at radius 3 is 2.93 bits per heavy atom. The van der Waals surface area contributed by atoms with Crippen molar-refractivity contribution in [3.05, 3.63) is 48.0 Å². The summed E-state index contributed by atoms with van der Waals surface area (Å²) in [7, 11) is 0. The predicted molar refractivity (Wildman–Crippen MR) is 101 cm³/mol. The van der Waals surface area contributed by atoms with Crippen LogP contribution < -0.4 is 0 Å². The summed E-state index contributed by atoms with van der Waals surface area (Å²) >= 11 is 0. The summed E-state index contributed by atoms with van der Waals surface area (Å²) in [6.07, 6.45) is 5.01. The van der Waals surface area contributed by atoms with Gasteiger partial charge in [-0.1, -0.05) is 6.42 Å². The maximum atomic E-state index is 13.9. The van der Waals surface area contributed by atoms with Gasteiger partial charge < -0.3 is 9.53 Å². The van der Waals surface area contributed by atoms with Gasteiger partial charge >= 0.3 is 5.97 Å². The summed E-state index contributed by atoms with van der Waals surface area (Å²) < 4.78 is 19.0. The van der Waals surface area contributed by atoms with E-state index in [1.54, 1.807) is 31.3 Å². The van der Waals surface area contributed by atoms with Crippen molar-refractivity contribution in [2.75, 3.05) is 6.61 Å². The Hall–Kier alpha value is -2.89. The van der Waals surface area contributed by atoms with E-state index in [2.05, 4.69) is 9.98 Å². The highest BCUT2D eigenvalue weighted by molar-refractivity contribution is 6.37. The second-order valence-corrected chi connectivity index (χ2v) is 6.40. The zero-order chi connectivity index (χ0) is 19.2. The molecule has 1 unspecified atom stereocenters. The molecule has 0 N–H and O–H groups in total. The first-order valence-corrected chi connectivity index (χ1v) is 9.08. The lowest BCUT2D eigenvalue weighted by Crippen LogP contribution is -2.17. The van der Waals surface area contributed by atoms with Gasteiger partial charge in [-0.2, -0.15) is 0 Å². The number of carbonyl (C=O) groups excluding carboxylic acids is 2. The quantitative estimate of drug-likeness (QED) is 0.595. The van der Waals surface area contributed by atoms with Crippen molar-refractivity contribution in [3.8, 4) is 11.1 Å². The van der Waals surface area contributed by atoms with Crippen molar-refractivity contribution in [1.29, 1.82) is 0 Å². The molecular formula is C21H21FN2O3. The minimum Gasteiger partial charge on any atom is -0.462 e. The van der Waals surface area contributed by atoms with Gasteiger partial charge in [-0.3, -0.25) is 4.98 Å². The topological polar surface area (TPSA) is 68.6 Å². The van der Waals surface area contributed by atoms with Crippen molar-refractivity contribution in [3.63, 3.8) is 0 Å². The van der Waals surface area contributed by atoms with E-state index in [1.165, 1.54) is 12.1 Å². The predicted octanol–water partition coefficient (Wildman–Crippen LogP) is 4.38. The Morgan fingerprint density at radius 1 is 1.30 bits per heavy atom. The van der Waals surface area contributed by atoms with Crippen LogP contribution in [-0.4, -0.2) is 29.6 Å². The van der Waals surface area contributed by atoms with E-state index in [9.17, 15) is 14.0 Å².